The molecular weight excluding hydrogens is 230 g/mol. The molecule has 5 nitrogen and oxygen atoms in total. The van der Waals surface area contributed by atoms with Gasteiger partial charge in [0.05, 0.1) is 18.9 Å². The van der Waals surface area contributed by atoms with Crippen LogP contribution in [-0.4, -0.2) is 39.3 Å². The molecule has 0 saturated carbocycles. The fourth-order valence-corrected chi connectivity index (χ4v) is 2.56. The Kier molecular flexibility index (Phi) is 2.72. The minimum Gasteiger partial charge on any atom is -0.378 e. The summed E-state index contributed by atoms with van der Waals surface area (Å²) < 4.78 is 5.34. The van der Waals surface area contributed by atoms with Crippen LogP contribution < -0.4 is 15.5 Å². The molecule has 0 aromatic heterocycles. The Bertz CT molecular complexity index is 483. The average molecular weight is 247 g/mol. The van der Waals surface area contributed by atoms with E-state index < -0.39 is 6.04 Å². The van der Waals surface area contributed by atoms with E-state index in [2.05, 4.69) is 4.90 Å². The number of anilines is 2. The number of likely N-dealkylation sites (N-methyl/N-ethyl adjacent to an activating group) is 1. The quantitative estimate of drug-likeness (QED) is 0.785. The van der Waals surface area contributed by atoms with Gasteiger partial charge in [0.2, 0.25) is 5.91 Å². The maximum Gasteiger partial charge on any atom is 0.248 e. The van der Waals surface area contributed by atoms with Crippen LogP contribution in [0.3, 0.4) is 0 Å². The van der Waals surface area contributed by atoms with Crippen molar-refractivity contribution in [2.24, 2.45) is 5.73 Å². The molecule has 1 amide bonds. The van der Waals surface area contributed by atoms with Gasteiger partial charge in [0.25, 0.3) is 0 Å². The van der Waals surface area contributed by atoms with Crippen LogP contribution in [0.15, 0.2) is 18.2 Å². The van der Waals surface area contributed by atoms with E-state index in [4.69, 9.17) is 10.5 Å². The van der Waals surface area contributed by atoms with Gasteiger partial charge >= 0.3 is 0 Å². The Morgan fingerprint density at radius 2 is 2.06 bits per heavy atom. The fourth-order valence-electron chi connectivity index (χ4n) is 2.56. The van der Waals surface area contributed by atoms with E-state index in [1.807, 2.05) is 18.2 Å². The van der Waals surface area contributed by atoms with E-state index in [9.17, 15) is 4.79 Å². The normalized spacial score (nSPS) is 23.4. The van der Waals surface area contributed by atoms with Crippen molar-refractivity contribution in [3.05, 3.63) is 23.8 Å². The highest BCUT2D eigenvalue weighted by Gasteiger charge is 2.32. The van der Waals surface area contributed by atoms with Crippen LogP contribution in [0.4, 0.5) is 11.4 Å². The van der Waals surface area contributed by atoms with Crippen LogP contribution in [0, 0.1) is 0 Å². The highest BCUT2D eigenvalue weighted by Crippen LogP contribution is 2.36. The number of benzene rings is 1. The van der Waals surface area contributed by atoms with Gasteiger partial charge in [-0.1, -0.05) is 6.07 Å². The van der Waals surface area contributed by atoms with E-state index in [0.29, 0.717) is 0 Å². The van der Waals surface area contributed by atoms with E-state index in [0.717, 1.165) is 43.2 Å². The topological polar surface area (TPSA) is 58.8 Å². The maximum atomic E-state index is 11.8. The molecule has 1 aromatic rings. The third-order valence-electron chi connectivity index (χ3n) is 3.68. The SMILES string of the molecule is CN1C(=O)C(N)c2ccc(N3CCOCC3)cc21. The Morgan fingerprint density at radius 3 is 2.78 bits per heavy atom. The lowest BCUT2D eigenvalue weighted by atomic mass is 10.1. The highest BCUT2D eigenvalue weighted by atomic mass is 16.5. The monoisotopic (exact) mass is 247 g/mol. The van der Waals surface area contributed by atoms with Gasteiger partial charge in [-0.3, -0.25) is 4.79 Å². The van der Waals surface area contributed by atoms with Gasteiger partial charge in [0, 0.05) is 31.4 Å². The molecule has 0 spiro atoms. The highest BCUT2D eigenvalue weighted by molar-refractivity contribution is 6.04. The molecule has 0 bridgehead atoms. The second-order valence-corrected chi connectivity index (χ2v) is 4.72. The van der Waals surface area contributed by atoms with Crippen LogP contribution in [0.1, 0.15) is 11.6 Å². The molecule has 3 rings (SSSR count). The zero-order valence-electron chi connectivity index (χ0n) is 10.4. The van der Waals surface area contributed by atoms with Gasteiger partial charge < -0.3 is 20.3 Å². The van der Waals surface area contributed by atoms with Crippen LogP contribution in [0.2, 0.25) is 0 Å². The molecule has 2 aliphatic rings. The Balaban J connectivity index is 1.94. The number of carbonyl (C=O) groups excluding carboxylic acids is 1. The third kappa shape index (κ3) is 1.67. The van der Waals surface area contributed by atoms with Crippen molar-refractivity contribution in [2.45, 2.75) is 6.04 Å². The Labute approximate surface area is 106 Å². The molecule has 96 valence electrons. The molecule has 5 heteroatoms. The number of hydrogen-bond acceptors (Lipinski definition) is 4. The van der Waals surface area contributed by atoms with Gasteiger partial charge in [0.1, 0.15) is 6.04 Å². The fraction of sp³-hybridized carbons (Fsp3) is 0.462. The minimum atomic E-state index is -0.510. The van der Waals surface area contributed by atoms with Crippen LogP contribution in [-0.2, 0) is 9.53 Å². The molecule has 2 N–H and O–H groups in total. The summed E-state index contributed by atoms with van der Waals surface area (Å²) in [5, 5.41) is 0. The second kappa shape index (κ2) is 4.26. The van der Waals surface area contributed by atoms with Gasteiger partial charge in [-0.05, 0) is 12.1 Å². The molecule has 1 aromatic carbocycles. The number of nitrogens with two attached hydrogens (primary N) is 1. The Hall–Kier alpha value is -1.59. The summed E-state index contributed by atoms with van der Waals surface area (Å²) in [4.78, 5) is 15.7. The Morgan fingerprint density at radius 1 is 1.33 bits per heavy atom. The molecule has 1 fully saturated rings. The molecule has 0 aliphatic carbocycles. The van der Waals surface area contributed by atoms with E-state index in [1.165, 1.54) is 0 Å². The van der Waals surface area contributed by atoms with Gasteiger partial charge in [0.15, 0.2) is 0 Å². The zero-order chi connectivity index (χ0) is 12.7. The summed E-state index contributed by atoms with van der Waals surface area (Å²) in [6.45, 7) is 3.29. The number of morpholine rings is 1. The van der Waals surface area contributed by atoms with Crippen molar-refractivity contribution in [3.63, 3.8) is 0 Å². The van der Waals surface area contributed by atoms with Crippen LogP contribution in [0.25, 0.3) is 0 Å². The van der Waals surface area contributed by atoms with Gasteiger partial charge in [-0.25, -0.2) is 0 Å². The summed E-state index contributed by atoms with van der Waals surface area (Å²) in [5.41, 5.74) is 8.86. The predicted molar refractivity (Wildman–Crippen MR) is 69.8 cm³/mol. The smallest absolute Gasteiger partial charge is 0.248 e. The van der Waals surface area contributed by atoms with Crippen LogP contribution in [0.5, 0.6) is 0 Å². The first kappa shape index (κ1) is 11.5. The number of rotatable bonds is 1. The zero-order valence-corrected chi connectivity index (χ0v) is 10.4. The lowest BCUT2D eigenvalue weighted by Crippen LogP contribution is -2.36. The minimum absolute atomic E-state index is 0.0378. The standard InChI is InChI=1S/C13H17N3O2/c1-15-11-8-9(16-4-6-18-7-5-16)2-3-10(11)12(14)13(15)17/h2-3,8,12H,4-7,14H2,1H3. The first-order chi connectivity index (χ1) is 8.68. The van der Waals surface area contributed by atoms with Crippen LogP contribution >= 0.6 is 0 Å². The number of carbonyl (C=O) groups is 1. The summed E-state index contributed by atoms with van der Waals surface area (Å²) in [6, 6.07) is 5.54. The average Bonchev–Trinajstić information content (AvgIpc) is 2.65. The molecule has 1 unspecified atom stereocenters. The summed E-state index contributed by atoms with van der Waals surface area (Å²) in [7, 11) is 1.77. The number of hydrogen-bond donors (Lipinski definition) is 1. The largest absolute Gasteiger partial charge is 0.378 e. The molecule has 18 heavy (non-hydrogen) atoms. The maximum absolute atomic E-state index is 11.8. The first-order valence-corrected chi connectivity index (χ1v) is 6.18. The van der Waals surface area contributed by atoms with Crippen molar-refractivity contribution in [3.8, 4) is 0 Å². The van der Waals surface area contributed by atoms with E-state index in [1.54, 1.807) is 11.9 Å². The molecule has 2 heterocycles. The van der Waals surface area contributed by atoms with Crippen molar-refractivity contribution in [2.75, 3.05) is 43.2 Å². The summed E-state index contributed by atoms with van der Waals surface area (Å²) >= 11 is 0. The lowest BCUT2D eigenvalue weighted by molar-refractivity contribution is -0.118. The molecule has 1 saturated heterocycles. The molecule has 0 radical (unpaired) electrons. The number of nitrogens with zero attached hydrogens (tertiary/aromatic N) is 2. The molecular formula is C13H17N3O2. The number of amides is 1. The third-order valence-corrected chi connectivity index (χ3v) is 3.68. The number of ether oxygens (including phenoxy) is 1. The van der Waals surface area contributed by atoms with E-state index in [-0.39, 0.29) is 5.91 Å². The summed E-state index contributed by atoms with van der Waals surface area (Å²) in [6.07, 6.45) is 0. The second-order valence-electron chi connectivity index (χ2n) is 4.72. The lowest BCUT2D eigenvalue weighted by Gasteiger charge is -2.29. The van der Waals surface area contributed by atoms with E-state index >= 15 is 0 Å². The van der Waals surface area contributed by atoms with Crippen molar-refractivity contribution in [1.29, 1.82) is 0 Å². The van der Waals surface area contributed by atoms with Crippen molar-refractivity contribution < 1.29 is 9.53 Å². The van der Waals surface area contributed by atoms with Crippen molar-refractivity contribution >= 4 is 17.3 Å². The summed E-state index contributed by atoms with van der Waals surface area (Å²) in [5.74, 6) is -0.0378. The predicted octanol–water partition coefficient (Wildman–Crippen LogP) is 0.499. The molecule has 2 aliphatic heterocycles. The first-order valence-electron chi connectivity index (χ1n) is 6.18. The molecule has 1 atom stereocenters. The van der Waals surface area contributed by atoms with Crippen molar-refractivity contribution in [1.82, 2.24) is 0 Å². The van der Waals surface area contributed by atoms with Gasteiger partial charge in [-0.15, -0.1) is 0 Å². The number of fused-ring (bicyclic) bond motifs is 1. The van der Waals surface area contributed by atoms with Gasteiger partial charge in [-0.2, -0.15) is 0 Å².